The lowest BCUT2D eigenvalue weighted by molar-refractivity contribution is 0.0287. The van der Waals surface area contributed by atoms with Crippen LogP contribution in [0.1, 0.15) is 36.0 Å². The fraction of sp³-hybridized carbons (Fsp3) is 0.538. The molecule has 2 aliphatic heterocycles. The first-order valence-electron chi connectivity index (χ1n) is 6.27. The Morgan fingerprint density at radius 3 is 2.67 bits per heavy atom. The monoisotopic (exact) mass is 310 g/mol. The Morgan fingerprint density at radius 2 is 2.06 bits per heavy atom. The molecule has 3 rings (SSSR count). The van der Waals surface area contributed by atoms with Gasteiger partial charge in [-0.3, -0.25) is 4.79 Å². The van der Waals surface area contributed by atoms with E-state index in [0.717, 1.165) is 12.8 Å². The average molecular weight is 311 g/mol. The Labute approximate surface area is 114 Å². The van der Waals surface area contributed by atoms with Crippen molar-refractivity contribution in [3.8, 4) is 0 Å². The van der Waals surface area contributed by atoms with Crippen LogP contribution in [0.2, 0.25) is 0 Å². The molecule has 5 heteroatoms. The van der Waals surface area contributed by atoms with E-state index in [1.165, 1.54) is 0 Å². The Balaban J connectivity index is 1.85. The van der Waals surface area contributed by atoms with E-state index >= 15 is 0 Å². The highest BCUT2D eigenvalue weighted by Gasteiger charge is 2.42. The molecule has 2 saturated heterocycles. The first kappa shape index (κ1) is 12.1. The summed E-state index contributed by atoms with van der Waals surface area (Å²) in [6.07, 6.45) is 4.86. The summed E-state index contributed by atoms with van der Waals surface area (Å²) in [5.74, 6) is 0.0671. The molecule has 1 aromatic rings. The summed E-state index contributed by atoms with van der Waals surface area (Å²) in [6, 6.07) is 3.92. The van der Waals surface area contributed by atoms with Gasteiger partial charge >= 0.3 is 0 Å². The van der Waals surface area contributed by atoms with Gasteiger partial charge in [-0.05, 0) is 53.7 Å². The largest absolute Gasteiger partial charge is 0.393 e. The van der Waals surface area contributed by atoms with Gasteiger partial charge < -0.3 is 10.0 Å². The normalized spacial score (nSPS) is 30.6. The first-order chi connectivity index (χ1) is 8.65. The molecular formula is C13H15BrN2O2. The van der Waals surface area contributed by atoms with E-state index in [1.54, 1.807) is 18.3 Å². The van der Waals surface area contributed by atoms with Crippen molar-refractivity contribution in [3.05, 3.63) is 28.5 Å². The van der Waals surface area contributed by atoms with Crippen molar-refractivity contribution < 1.29 is 9.90 Å². The molecule has 2 atom stereocenters. The number of rotatable bonds is 1. The second-order valence-electron chi connectivity index (χ2n) is 5.09. The van der Waals surface area contributed by atoms with Crippen molar-refractivity contribution in [2.75, 3.05) is 0 Å². The number of hydrogen-bond donors (Lipinski definition) is 1. The highest BCUT2D eigenvalue weighted by atomic mass is 79.9. The van der Waals surface area contributed by atoms with E-state index in [0.29, 0.717) is 23.0 Å². The van der Waals surface area contributed by atoms with Gasteiger partial charge in [-0.1, -0.05) is 0 Å². The van der Waals surface area contributed by atoms with Gasteiger partial charge in [-0.25, -0.2) is 4.98 Å². The van der Waals surface area contributed by atoms with Crippen LogP contribution in [0.5, 0.6) is 0 Å². The zero-order valence-electron chi connectivity index (χ0n) is 9.92. The number of amides is 1. The van der Waals surface area contributed by atoms with Crippen LogP contribution in [0.3, 0.4) is 0 Å². The van der Waals surface area contributed by atoms with Crippen molar-refractivity contribution in [3.63, 3.8) is 0 Å². The summed E-state index contributed by atoms with van der Waals surface area (Å²) >= 11 is 3.29. The lowest BCUT2D eigenvalue weighted by Crippen LogP contribution is -2.48. The molecule has 0 radical (unpaired) electrons. The average Bonchev–Trinajstić information content (AvgIpc) is 2.61. The maximum atomic E-state index is 12.5. The summed E-state index contributed by atoms with van der Waals surface area (Å²) in [4.78, 5) is 18.5. The summed E-state index contributed by atoms with van der Waals surface area (Å²) < 4.78 is 0.678. The van der Waals surface area contributed by atoms with Crippen molar-refractivity contribution in [2.24, 2.45) is 0 Å². The fourth-order valence-corrected chi connectivity index (χ4v) is 3.53. The zero-order chi connectivity index (χ0) is 12.7. The fourth-order valence-electron chi connectivity index (χ4n) is 3.16. The maximum Gasteiger partial charge on any atom is 0.254 e. The minimum atomic E-state index is -0.240. The number of halogens is 1. The molecule has 4 nitrogen and oxygen atoms in total. The number of carbonyl (C=O) groups is 1. The highest BCUT2D eigenvalue weighted by molar-refractivity contribution is 9.10. The molecule has 2 fully saturated rings. The Kier molecular flexibility index (Phi) is 3.11. The number of piperidine rings is 1. The minimum absolute atomic E-state index is 0.0671. The van der Waals surface area contributed by atoms with Gasteiger partial charge in [0.15, 0.2) is 0 Å². The number of aromatic nitrogens is 1. The number of aliphatic hydroxyl groups is 1. The van der Waals surface area contributed by atoms with Crippen LogP contribution in [0.15, 0.2) is 22.9 Å². The van der Waals surface area contributed by atoms with Crippen molar-refractivity contribution in [1.29, 1.82) is 0 Å². The molecule has 0 spiro atoms. The Bertz CT molecular complexity index is 466. The number of carbonyl (C=O) groups excluding carboxylic acids is 1. The second kappa shape index (κ2) is 4.63. The molecule has 1 aromatic heterocycles. The van der Waals surface area contributed by atoms with E-state index in [4.69, 9.17) is 0 Å². The first-order valence-corrected chi connectivity index (χ1v) is 7.06. The molecule has 2 aliphatic rings. The standard InChI is InChI=1S/C13H15BrN2O2/c14-12-5-8(3-4-15-12)13(18)16-9-1-2-10(16)7-11(17)6-9/h3-5,9-11,17H,1-2,6-7H2. The third kappa shape index (κ3) is 2.06. The van der Waals surface area contributed by atoms with E-state index in [9.17, 15) is 9.90 Å². The predicted molar refractivity (Wildman–Crippen MR) is 70.2 cm³/mol. The third-order valence-electron chi connectivity index (χ3n) is 3.92. The molecular weight excluding hydrogens is 296 g/mol. The summed E-state index contributed by atoms with van der Waals surface area (Å²) in [6.45, 7) is 0. The maximum absolute atomic E-state index is 12.5. The van der Waals surface area contributed by atoms with Gasteiger partial charge in [-0.2, -0.15) is 0 Å². The lowest BCUT2D eigenvalue weighted by atomic mass is 9.99. The van der Waals surface area contributed by atoms with Crippen molar-refractivity contribution >= 4 is 21.8 Å². The molecule has 1 amide bonds. The van der Waals surface area contributed by atoms with Crippen LogP contribution >= 0.6 is 15.9 Å². The van der Waals surface area contributed by atoms with Crippen LogP contribution in [-0.2, 0) is 0 Å². The zero-order valence-corrected chi connectivity index (χ0v) is 11.5. The van der Waals surface area contributed by atoms with Gasteiger partial charge in [-0.15, -0.1) is 0 Å². The number of hydrogen-bond acceptors (Lipinski definition) is 3. The van der Waals surface area contributed by atoms with Gasteiger partial charge in [0.1, 0.15) is 4.60 Å². The summed E-state index contributed by atoms with van der Waals surface area (Å²) in [5, 5.41) is 9.75. The van der Waals surface area contributed by atoms with E-state index in [1.807, 2.05) is 4.90 Å². The molecule has 96 valence electrons. The molecule has 2 bridgehead atoms. The number of nitrogens with zero attached hydrogens (tertiary/aromatic N) is 2. The molecule has 0 saturated carbocycles. The molecule has 2 unspecified atom stereocenters. The van der Waals surface area contributed by atoms with E-state index in [2.05, 4.69) is 20.9 Å². The van der Waals surface area contributed by atoms with Crippen LogP contribution in [0.25, 0.3) is 0 Å². The molecule has 3 heterocycles. The van der Waals surface area contributed by atoms with Gasteiger partial charge in [0.2, 0.25) is 0 Å². The quantitative estimate of drug-likeness (QED) is 0.807. The van der Waals surface area contributed by atoms with Crippen LogP contribution in [0, 0.1) is 0 Å². The van der Waals surface area contributed by atoms with Crippen LogP contribution in [-0.4, -0.2) is 39.1 Å². The molecule has 0 aliphatic carbocycles. The topological polar surface area (TPSA) is 53.4 Å². The SMILES string of the molecule is O=C(c1ccnc(Br)c1)N1C2CCC1CC(O)C2. The summed E-state index contributed by atoms with van der Waals surface area (Å²) in [7, 11) is 0. The minimum Gasteiger partial charge on any atom is -0.393 e. The van der Waals surface area contributed by atoms with Crippen molar-refractivity contribution in [2.45, 2.75) is 43.9 Å². The van der Waals surface area contributed by atoms with Crippen LogP contribution in [0.4, 0.5) is 0 Å². The highest BCUT2D eigenvalue weighted by Crippen LogP contribution is 2.36. The van der Waals surface area contributed by atoms with Crippen molar-refractivity contribution in [1.82, 2.24) is 9.88 Å². The number of pyridine rings is 1. The number of fused-ring (bicyclic) bond motifs is 2. The van der Waals surface area contributed by atoms with E-state index in [-0.39, 0.29) is 24.1 Å². The third-order valence-corrected chi connectivity index (χ3v) is 4.35. The van der Waals surface area contributed by atoms with E-state index < -0.39 is 0 Å². The smallest absolute Gasteiger partial charge is 0.254 e. The Hall–Kier alpha value is -0.940. The lowest BCUT2D eigenvalue weighted by Gasteiger charge is -2.37. The predicted octanol–water partition coefficient (Wildman–Crippen LogP) is 1.97. The van der Waals surface area contributed by atoms with Gasteiger partial charge in [0.25, 0.3) is 5.91 Å². The van der Waals surface area contributed by atoms with Gasteiger partial charge in [0, 0.05) is 23.8 Å². The number of aliphatic hydroxyl groups excluding tert-OH is 1. The van der Waals surface area contributed by atoms with Crippen LogP contribution < -0.4 is 0 Å². The molecule has 1 N–H and O–H groups in total. The second-order valence-corrected chi connectivity index (χ2v) is 5.90. The summed E-state index contributed by atoms with van der Waals surface area (Å²) in [5.41, 5.74) is 0.671. The Morgan fingerprint density at radius 1 is 1.39 bits per heavy atom. The molecule has 0 aromatic carbocycles. The molecule has 18 heavy (non-hydrogen) atoms. The van der Waals surface area contributed by atoms with Gasteiger partial charge in [0.05, 0.1) is 6.10 Å².